The van der Waals surface area contributed by atoms with Crippen LogP contribution in [0.25, 0.3) is 0 Å². The number of rotatable bonds is 1. The van der Waals surface area contributed by atoms with Crippen LogP contribution in [0.2, 0.25) is 0 Å². The van der Waals surface area contributed by atoms with Gasteiger partial charge < -0.3 is 0 Å². The molecule has 0 N–H and O–H groups in total. The van der Waals surface area contributed by atoms with Gasteiger partial charge in [-0.1, -0.05) is 15.9 Å². The first kappa shape index (κ1) is 8.46. The predicted octanol–water partition coefficient (Wildman–Crippen LogP) is 3.52. The summed E-state index contributed by atoms with van der Waals surface area (Å²) in [6.45, 7) is -0.405. The van der Waals surface area contributed by atoms with Crippen LogP contribution in [0.4, 0.5) is 4.39 Å². The van der Waals surface area contributed by atoms with Crippen LogP contribution >= 0.6 is 38.5 Å². The second-order valence-electron chi connectivity index (χ2n) is 1.87. The van der Waals surface area contributed by atoms with Crippen molar-refractivity contribution in [2.75, 3.05) is 0 Å². The lowest BCUT2D eigenvalue weighted by molar-refractivity contribution is 0.484. The molecular weight excluding hydrogens is 310 g/mol. The van der Waals surface area contributed by atoms with Gasteiger partial charge in [-0.2, -0.15) is 0 Å². The third kappa shape index (κ3) is 1.92. The van der Waals surface area contributed by atoms with Crippen molar-refractivity contribution in [2.24, 2.45) is 0 Å². The van der Waals surface area contributed by atoms with E-state index >= 15 is 0 Å². The summed E-state index contributed by atoms with van der Waals surface area (Å²) in [5.41, 5.74) is 0.715. The van der Waals surface area contributed by atoms with Crippen molar-refractivity contribution in [1.82, 2.24) is 0 Å². The van der Waals surface area contributed by atoms with Crippen LogP contribution in [0.5, 0.6) is 0 Å². The number of benzene rings is 1. The summed E-state index contributed by atoms with van der Waals surface area (Å²) in [6.07, 6.45) is 0. The molecular formula is C7H5BrFI. The summed E-state index contributed by atoms with van der Waals surface area (Å²) in [6, 6.07) is 5.62. The molecule has 0 radical (unpaired) electrons. The van der Waals surface area contributed by atoms with Crippen LogP contribution in [0.3, 0.4) is 0 Å². The highest BCUT2D eigenvalue weighted by molar-refractivity contribution is 14.1. The Balaban J connectivity index is 3.09. The molecule has 0 bridgehead atoms. The van der Waals surface area contributed by atoms with Crippen molar-refractivity contribution in [2.45, 2.75) is 6.67 Å². The maximum atomic E-state index is 12.1. The molecule has 0 saturated carbocycles. The molecule has 0 nitrogen and oxygen atoms in total. The van der Waals surface area contributed by atoms with Gasteiger partial charge in [0, 0.05) is 8.04 Å². The molecule has 3 heteroatoms. The van der Waals surface area contributed by atoms with Crippen molar-refractivity contribution in [1.29, 1.82) is 0 Å². The van der Waals surface area contributed by atoms with Gasteiger partial charge in [0.1, 0.15) is 6.67 Å². The molecule has 10 heavy (non-hydrogen) atoms. The van der Waals surface area contributed by atoms with Gasteiger partial charge in [0.05, 0.1) is 0 Å². The van der Waals surface area contributed by atoms with E-state index in [1.54, 1.807) is 0 Å². The van der Waals surface area contributed by atoms with E-state index in [9.17, 15) is 4.39 Å². The van der Waals surface area contributed by atoms with Gasteiger partial charge in [0.2, 0.25) is 0 Å². The third-order valence-electron chi connectivity index (χ3n) is 1.15. The fraction of sp³-hybridized carbons (Fsp3) is 0.143. The van der Waals surface area contributed by atoms with E-state index in [2.05, 4.69) is 38.5 Å². The van der Waals surface area contributed by atoms with E-state index in [0.29, 0.717) is 5.56 Å². The zero-order chi connectivity index (χ0) is 7.56. The van der Waals surface area contributed by atoms with Crippen molar-refractivity contribution >= 4 is 38.5 Å². The average molecular weight is 315 g/mol. The highest BCUT2D eigenvalue weighted by Crippen LogP contribution is 2.19. The Morgan fingerprint density at radius 3 is 2.70 bits per heavy atom. The van der Waals surface area contributed by atoms with Gasteiger partial charge in [-0.05, 0) is 46.4 Å². The van der Waals surface area contributed by atoms with Gasteiger partial charge in [-0.15, -0.1) is 0 Å². The van der Waals surface area contributed by atoms with E-state index < -0.39 is 6.67 Å². The van der Waals surface area contributed by atoms with Crippen molar-refractivity contribution in [3.8, 4) is 0 Å². The second-order valence-corrected chi connectivity index (χ2v) is 3.97. The maximum absolute atomic E-state index is 12.1. The average Bonchev–Trinajstić information content (AvgIpc) is 1.94. The van der Waals surface area contributed by atoms with Crippen LogP contribution in [0.15, 0.2) is 22.7 Å². The fourth-order valence-corrected chi connectivity index (χ4v) is 1.55. The van der Waals surface area contributed by atoms with Gasteiger partial charge >= 0.3 is 0 Å². The van der Waals surface area contributed by atoms with Crippen LogP contribution in [-0.2, 0) is 6.67 Å². The molecule has 1 aromatic rings. The monoisotopic (exact) mass is 314 g/mol. The first-order valence-corrected chi connectivity index (χ1v) is 4.61. The summed E-state index contributed by atoms with van der Waals surface area (Å²) in [5.74, 6) is 0. The lowest BCUT2D eigenvalue weighted by Crippen LogP contribution is -1.81. The Kier molecular flexibility index (Phi) is 3.10. The van der Waals surface area contributed by atoms with Gasteiger partial charge in [0.15, 0.2) is 0 Å². The summed E-state index contributed by atoms with van der Waals surface area (Å²) in [5, 5.41) is 0. The van der Waals surface area contributed by atoms with Crippen LogP contribution in [-0.4, -0.2) is 0 Å². The second kappa shape index (κ2) is 3.67. The molecule has 1 rings (SSSR count). The number of hydrogen-bond donors (Lipinski definition) is 0. The Hall–Kier alpha value is 0.360. The molecule has 0 spiro atoms. The quantitative estimate of drug-likeness (QED) is 0.696. The zero-order valence-corrected chi connectivity index (χ0v) is 8.82. The molecule has 0 aliphatic carbocycles. The Morgan fingerprint density at radius 1 is 1.50 bits per heavy atom. The highest BCUT2D eigenvalue weighted by atomic mass is 127. The minimum Gasteiger partial charge on any atom is -0.246 e. The third-order valence-corrected chi connectivity index (χ3v) is 2.60. The molecule has 0 fully saturated rings. The molecule has 0 heterocycles. The number of alkyl halides is 1. The smallest absolute Gasteiger partial charge is 0.116 e. The number of hydrogen-bond acceptors (Lipinski definition) is 0. The lowest BCUT2D eigenvalue weighted by atomic mass is 10.2. The standard InChI is InChI=1S/C7H5BrFI/c8-7-2-1-6(10)3-5(7)4-9/h1-3H,4H2. The predicted molar refractivity (Wildman–Crippen MR) is 51.7 cm³/mol. The Morgan fingerprint density at radius 2 is 2.20 bits per heavy atom. The fourth-order valence-electron chi connectivity index (χ4n) is 0.646. The topological polar surface area (TPSA) is 0 Å². The normalized spacial score (nSPS) is 9.90. The lowest BCUT2D eigenvalue weighted by Gasteiger charge is -1.98. The molecule has 0 unspecified atom stereocenters. The first-order chi connectivity index (χ1) is 4.74. The van der Waals surface area contributed by atoms with E-state index in [0.717, 1.165) is 8.04 Å². The van der Waals surface area contributed by atoms with E-state index in [-0.39, 0.29) is 0 Å². The molecule has 1 aromatic carbocycles. The summed E-state index contributed by atoms with van der Waals surface area (Å²) < 4.78 is 14.0. The highest BCUT2D eigenvalue weighted by Gasteiger charge is 1.97. The number of halogens is 3. The Labute approximate surface area is 81.1 Å². The van der Waals surface area contributed by atoms with Gasteiger partial charge in [-0.3, -0.25) is 0 Å². The molecule has 0 atom stereocenters. The van der Waals surface area contributed by atoms with Crippen LogP contribution in [0, 0.1) is 3.57 Å². The summed E-state index contributed by atoms with van der Waals surface area (Å²) in [4.78, 5) is 0. The minimum atomic E-state index is -0.405. The SMILES string of the molecule is FCc1cc(I)ccc1Br. The molecule has 0 aliphatic heterocycles. The van der Waals surface area contributed by atoms with E-state index in [1.165, 1.54) is 0 Å². The molecule has 54 valence electrons. The molecule has 0 saturated heterocycles. The van der Waals surface area contributed by atoms with Crippen LogP contribution in [0.1, 0.15) is 5.56 Å². The summed E-state index contributed by atoms with van der Waals surface area (Å²) in [7, 11) is 0. The largest absolute Gasteiger partial charge is 0.246 e. The Bertz CT molecular complexity index is 237. The van der Waals surface area contributed by atoms with E-state index in [1.807, 2.05) is 18.2 Å². The van der Waals surface area contributed by atoms with Crippen LogP contribution < -0.4 is 0 Å². The first-order valence-electron chi connectivity index (χ1n) is 2.74. The molecule has 0 aromatic heterocycles. The zero-order valence-electron chi connectivity index (χ0n) is 5.07. The molecule has 0 aliphatic rings. The van der Waals surface area contributed by atoms with Crippen molar-refractivity contribution < 1.29 is 4.39 Å². The van der Waals surface area contributed by atoms with Crippen molar-refractivity contribution in [3.05, 3.63) is 31.8 Å². The maximum Gasteiger partial charge on any atom is 0.116 e. The minimum absolute atomic E-state index is 0.405. The van der Waals surface area contributed by atoms with E-state index in [4.69, 9.17) is 0 Å². The summed E-state index contributed by atoms with van der Waals surface area (Å²) >= 11 is 5.41. The van der Waals surface area contributed by atoms with Gasteiger partial charge in [0.25, 0.3) is 0 Å². The van der Waals surface area contributed by atoms with Crippen molar-refractivity contribution in [3.63, 3.8) is 0 Å². The van der Waals surface area contributed by atoms with Gasteiger partial charge in [-0.25, -0.2) is 4.39 Å². The molecule has 0 amide bonds.